The number of hydrogen-bond acceptors (Lipinski definition) is 2. The summed E-state index contributed by atoms with van der Waals surface area (Å²) in [5.74, 6) is 0.742. The first-order valence-electron chi connectivity index (χ1n) is 6.42. The number of nitro benzene ring substituents is 1. The summed E-state index contributed by atoms with van der Waals surface area (Å²) in [4.78, 5) is 10.7. The van der Waals surface area contributed by atoms with Crippen molar-refractivity contribution < 1.29 is 4.92 Å². The largest absolute Gasteiger partial charge is 0.273 e. The first-order chi connectivity index (χ1) is 8.56. The number of nitrogens with zero attached hydrogens (tertiary/aromatic N) is 1. The van der Waals surface area contributed by atoms with E-state index >= 15 is 0 Å². The minimum atomic E-state index is -0.311. The topological polar surface area (TPSA) is 43.1 Å². The molecule has 0 aliphatic rings. The lowest BCUT2D eigenvalue weighted by molar-refractivity contribution is -0.385. The lowest BCUT2D eigenvalue weighted by Gasteiger charge is -2.13. The molecule has 0 heterocycles. The molecule has 0 saturated carbocycles. The predicted octanol–water partition coefficient (Wildman–Crippen LogP) is 4.69. The van der Waals surface area contributed by atoms with E-state index in [0.717, 1.165) is 24.8 Å². The molecule has 0 bridgehead atoms. The van der Waals surface area contributed by atoms with E-state index in [1.165, 1.54) is 0 Å². The second-order valence-corrected chi connectivity index (χ2v) is 4.98. The zero-order valence-electron chi connectivity index (χ0n) is 11.1. The second kappa shape index (κ2) is 6.94. The molecule has 0 spiro atoms. The van der Waals surface area contributed by atoms with Crippen LogP contribution >= 0.6 is 0 Å². The van der Waals surface area contributed by atoms with Gasteiger partial charge in [0.2, 0.25) is 0 Å². The van der Waals surface area contributed by atoms with Crippen molar-refractivity contribution in [3.8, 4) is 0 Å². The van der Waals surface area contributed by atoms with Crippen LogP contribution in [0.4, 0.5) is 5.69 Å². The molecule has 0 amide bonds. The van der Waals surface area contributed by atoms with Crippen LogP contribution in [0.3, 0.4) is 0 Å². The van der Waals surface area contributed by atoms with E-state index in [0.29, 0.717) is 5.92 Å². The fourth-order valence-electron chi connectivity index (χ4n) is 2.11. The minimum absolute atomic E-state index is 0.0744. The van der Waals surface area contributed by atoms with E-state index in [1.54, 1.807) is 12.1 Å². The van der Waals surface area contributed by atoms with Crippen LogP contribution in [0.2, 0.25) is 0 Å². The van der Waals surface area contributed by atoms with Gasteiger partial charge in [0.1, 0.15) is 0 Å². The molecule has 0 radical (unpaired) electrons. The summed E-state index contributed by atoms with van der Waals surface area (Å²) in [6.45, 7) is 8.19. The summed E-state index contributed by atoms with van der Waals surface area (Å²) in [5, 5.41) is 11.0. The van der Waals surface area contributed by atoms with Crippen LogP contribution in [0, 0.1) is 16.0 Å². The summed E-state index contributed by atoms with van der Waals surface area (Å²) >= 11 is 0. The third-order valence-corrected chi connectivity index (χ3v) is 3.11. The summed E-state index contributed by atoms with van der Waals surface area (Å²) in [6, 6.07) is 6.95. The molecule has 3 nitrogen and oxygen atoms in total. The average Bonchev–Trinajstić information content (AvgIpc) is 2.34. The van der Waals surface area contributed by atoms with Gasteiger partial charge in [-0.15, -0.1) is 6.58 Å². The van der Waals surface area contributed by atoms with Gasteiger partial charge in [-0.25, -0.2) is 0 Å². The lowest BCUT2D eigenvalue weighted by atomic mass is 9.91. The van der Waals surface area contributed by atoms with Gasteiger partial charge in [0.15, 0.2) is 0 Å². The SMILES string of the molecule is C=C[C@@H](CCCC(C)C)c1ccccc1[N+](=O)[O-]. The predicted molar refractivity (Wildman–Crippen MR) is 74.7 cm³/mol. The molecule has 0 aliphatic carbocycles. The maximum Gasteiger partial charge on any atom is 0.273 e. The van der Waals surface area contributed by atoms with Crippen LogP contribution in [0.1, 0.15) is 44.6 Å². The van der Waals surface area contributed by atoms with Crippen LogP contribution in [0.25, 0.3) is 0 Å². The highest BCUT2D eigenvalue weighted by molar-refractivity contribution is 5.43. The Labute approximate surface area is 109 Å². The molecule has 1 rings (SSSR count). The van der Waals surface area contributed by atoms with Crippen molar-refractivity contribution >= 4 is 5.69 Å². The van der Waals surface area contributed by atoms with Crippen molar-refractivity contribution in [2.75, 3.05) is 0 Å². The molecular weight excluding hydrogens is 226 g/mol. The van der Waals surface area contributed by atoms with Crippen molar-refractivity contribution in [1.82, 2.24) is 0 Å². The minimum Gasteiger partial charge on any atom is -0.258 e. The van der Waals surface area contributed by atoms with E-state index < -0.39 is 0 Å². The molecule has 0 unspecified atom stereocenters. The number of benzene rings is 1. The standard InChI is InChI=1S/C15H21NO2/c1-4-13(9-7-8-12(2)3)14-10-5-6-11-15(14)16(17)18/h4-6,10-13H,1,7-9H2,2-3H3/t13-/m0/s1. The monoisotopic (exact) mass is 247 g/mol. The summed E-state index contributed by atoms with van der Waals surface area (Å²) in [7, 11) is 0. The number of para-hydroxylation sites is 1. The van der Waals surface area contributed by atoms with Gasteiger partial charge in [-0.2, -0.15) is 0 Å². The molecule has 1 atom stereocenters. The molecule has 1 aromatic rings. The molecule has 0 N–H and O–H groups in total. The highest BCUT2D eigenvalue weighted by Gasteiger charge is 2.18. The van der Waals surface area contributed by atoms with Crippen molar-refractivity contribution in [3.05, 3.63) is 52.6 Å². The summed E-state index contributed by atoms with van der Waals surface area (Å²) in [6.07, 6.45) is 4.96. The van der Waals surface area contributed by atoms with Gasteiger partial charge >= 0.3 is 0 Å². The fourth-order valence-corrected chi connectivity index (χ4v) is 2.11. The highest BCUT2D eigenvalue weighted by Crippen LogP contribution is 2.31. The second-order valence-electron chi connectivity index (χ2n) is 4.98. The van der Waals surface area contributed by atoms with Crippen LogP contribution in [-0.4, -0.2) is 4.92 Å². The van der Waals surface area contributed by atoms with Crippen LogP contribution in [0.5, 0.6) is 0 Å². The zero-order chi connectivity index (χ0) is 13.5. The van der Waals surface area contributed by atoms with Gasteiger partial charge in [-0.3, -0.25) is 10.1 Å². The highest BCUT2D eigenvalue weighted by atomic mass is 16.6. The van der Waals surface area contributed by atoms with E-state index in [2.05, 4.69) is 20.4 Å². The van der Waals surface area contributed by atoms with E-state index in [9.17, 15) is 10.1 Å². The maximum atomic E-state index is 11.0. The van der Waals surface area contributed by atoms with Crippen molar-refractivity contribution in [2.24, 2.45) is 5.92 Å². The first kappa shape index (κ1) is 14.4. The van der Waals surface area contributed by atoms with Crippen molar-refractivity contribution in [3.63, 3.8) is 0 Å². The molecule has 0 aromatic heterocycles. The van der Waals surface area contributed by atoms with Gasteiger partial charge in [-0.05, 0) is 12.3 Å². The summed E-state index contributed by atoms with van der Waals surface area (Å²) in [5.41, 5.74) is 0.980. The number of allylic oxidation sites excluding steroid dienone is 1. The Morgan fingerprint density at radius 3 is 2.56 bits per heavy atom. The average molecular weight is 247 g/mol. The van der Waals surface area contributed by atoms with Gasteiger partial charge in [-0.1, -0.05) is 51.0 Å². The zero-order valence-corrected chi connectivity index (χ0v) is 11.1. The summed E-state index contributed by atoms with van der Waals surface area (Å²) < 4.78 is 0. The molecule has 3 heteroatoms. The normalized spacial score (nSPS) is 12.4. The molecule has 0 fully saturated rings. The van der Waals surface area contributed by atoms with Crippen molar-refractivity contribution in [2.45, 2.75) is 39.0 Å². The third-order valence-electron chi connectivity index (χ3n) is 3.11. The van der Waals surface area contributed by atoms with Gasteiger partial charge in [0.25, 0.3) is 5.69 Å². The Morgan fingerprint density at radius 1 is 1.33 bits per heavy atom. The van der Waals surface area contributed by atoms with E-state index in [-0.39, 0.29) is 16.5 Å². The lowest BCUT2D eigenvalue weighted by Crippen LogP contribution is -2.01. The first-order valence-corrected chi connectivity index (χ1v) is 6.42. The molecule has 1 aromatic carbocycles. The van der Waals surface area contributed by atoms with Gasteiger partial charge in [0.05, 0.1) is 4.92 Å². The van der Waals surface area contributed by atoms with Crippen molar-refractivity contribution in [1.29, 1.82) is 0 Å². The van der Waals surface area contributed by atoms with Crippen LogP contribution in [0.15, 0.2) is 36.9 Å². The van der Waals surface area contributed by atoms with E-state index in [1.807, 2.05) is 18.2 Å². The Hall–Kier alpha value is -1.64. The Balaban J connectivity index is 2.81. The molecule has 18 heavy (non-hydrogen) atoms. The number of hydrogen-bond donors (Lipinski definition) is 0. The Kier molecular flexibility index (Phi) is 5.56. The smallest absolute Gasteiger partial charge is 0.258 e. The maximum absolute atomic E-state index is 11.0. The van der Waals surface area contributed by atoms with Gasteiger partial charge in [0, 0.05) is 17.5 Å². The quantitative estimate of drug-likeness (QED) is 0.398. The Bertz CT molecular complexity index is 413. The van der Waals surface area contributed by atoms with Gasteiger partial charge < -0.3 is 0 Å². The fraction of sp³-hybridized carbons (Fsp3) is 0.467. The molecule has 98 valence electrons. The van der Waals surface area contributed by atoms with E-state index in [4.69, 9.17) is 0 Å². The third kappa shape index (κ3) is 3.99. The number of rotatable bonds is 7. The van der Waals surface area contributed by atoms with Crippen LogP contribution < -0.4 is 0 Å². The molecular formula is C15H21NO2. The molecule has 0 aliphatic heterocycles. The Morgan fingerprint density at radius 2 is 2.00 bits per heavy atom. The van der Waals surface area contributed by atoms with Crippen LogP contribution in [-0.2, 0) is 0 Å². The molecule has 0 saturated heterocycles. The number of nitro groups is 1.